The lowest BCUT2D eigenvalue weighted by molar-refractivity contribution is 0.415. The van der Waals surface area contributed by atoms with Crippen LogP contribution in [0.15, 0.2) is 34.9 Å². The zero-order valence-corrected chi connectivity index (χ0v) is 13.5. The molecule has 23 heavy (non-hydrogen) atoms. The Morgan fingerprint density at radius 1 is 1.35 bits per heavy atom. The van der Waals surface area contributed by atoms with Gasteiger partial charge in [-0.25, -0.2) is 9.97 Å². The fourth-order valence-electron chi connectivity index (χ4n) is 2.60. The van der Waals surface area contributed by atoms with Crippen LogP contribution in [0.1, 0.15) is 30.1 Å². The van der Waals surface area contributed by atoms with Crippen LogP contribution >= 0.6 is 0 Å². The third-order valence-electron chi connectivity index (χ3n) is 3.87. The van der Waals surface area contributed by atoms with Crippen molar-refractivity contribution in [3.63, 3.8) is 0 Å². The number of nitrogens with one attached hydrogen (secondary N) is 1. The molecule has 2 aromatic heterocycles. The van der Waals surface area contributed by atoms with Gasteiger partial charge in [-0.3, -0.25) is 0 Å². The summed E-state index contributed by atoms with van der Waals surface area (Å²) >= 11 is 0. The van der Waals surface area contributed by atoms with Crippen molar-refractivity contribution in [2.24, 2.45) is 0 Å². The van der Waals surface area contributed by atoms with Gasteiger partial charge in [-0.05, 0) is 38.1 Å². The summed E-state index contributed by atoms with van der Waals surface area (Å²) < 4.78 is 11.3. The van der Waals surface area contributed by atoms with E-state index < -0.39 is 0 Å². The number of furan rings is 1. The number of aromatic nitrogens is 2. The van der Waals surface area contributed by atoms with E-state index in [0.717, 1.165) is 28.0 Å². The van der Waals surface area contributed by atoms with E-state index >= 15 is 0 Å². The van der Waals surface area contributed by atoms with Crippen molar-refractivity contribution < 1.29 is 9.15 Å². The normalized spacial score (nSPS) is 12.5. The molecule has 0 saturated heterocycles. The second-order valence-electron chi connectivity index (χ2n) is 5.45. The Hall–Kier alpha value is -2.60. The molecule has 0 saturated carbocycles. The van der Waals surface area contributed by atoms with E-state index in [9.17, 15) is 0 Å². The Bertz CT molecular complexity index is 829. The van der Waals surface area contributed by atoms with E-state index in [0.29, 0.717) is 18.2 Å². The second-order valence-corrected chi connectivity index (χ2v) is 5.45. The number of nitrogens with zero attached hydrogens (tertiary/aromatic N) is 2. The van der Waals surface area contributed by atoms with Gasteiger partial charge in [-0.15, -0.1) is 0 Å². The highest BCUT2D eigenvalue weighted by Gasteiger charge is 2.17. The molecule has 0 bridgehead atoms. The molecule has 0 amide bonds. The van der Waals surface area contributed by atoms with E-state index in [-0.39, 0.29) is 6.04 Å². The van der Waals surface area contributed by atoms with E-state index in [1.165, 1.54) is 0 Å². The summed E-state index contributed by atoms with van der Waals surface area (Å²) in [7, 11) is 1.66. The van der Waals surface area contributed by atoms with Gasteiger partial charge in [-0.1, -0.05) is 0 Å². The standard InChI is InChI=1S/C17H20N4O2/c1-10-13-8-12(22-3)4-5-14(13)23-17(10)11(2)20-9-16-19-7-6-15(18)21-16/h4-8,11,20H,9H2,1-3H3,(H2,18,19,21). The summed E-state index contributed by atoms with van der Waals surface area (Å²) in [6.45, 7) is 4.62. The highest BCUT2D eigenvalue weighted by molar-refractivity contribution is 5.83. The monoisotopic (exact) mass is 312 g/mol. The topological polar surface area (TPSA) is 86.2 Å². The summed E-state index contributed by atoms with van der Waals surface area (Å²) in [4.78, 5) is 8.38. The maximum atomic E-state index is 5.99. The van der Waals surface area contributed by atoms with Gasteiger partial charge in [0.1, 0.15) is 28.7 Å². The van der Waals surface area contributed by atoms with Gasteiger partial charge < -0.3 is 20.2 Å². The highest BCUT2D eigenvalue weighted by Crippen LogP contribution is 2.31. The molecule has 1 unspecified atom stereocenters. The van der Waals surface area contributed by atoms with Gasteiger partial charge in [0, 0.05) is 17.1 Å². The zero-order chi connectivity index (χ0) is 16.4. The smallest absolute Gasteiger partial charge is 0.144 e. The second kappa shape index (κ2) is 6.26. The third-order valence-corrected chi connectivity index (χ3v) is 3.87. The predicted octanol–water partition coefficient (Wildman–Crippen LogP) is 2.97. The van der Waals surface area contributed by atoms with Crippen LogP contribution < -0.4 is 15.8 Å². The Morgan fingerprint density at radius 2 is 2.17 bits per heavy atom. The van der Waals surface area contributed by atoms with Crippen LogP contribution in [0.3, 0.4) is 0 Å². The van der Waals surface area contributed by atoms with Crippen molar-refractivity contribution in [1.29, 1.82) is 0 Å². The fourth-order valence-corrected chi connectivity index (χ4v) is 2.60. The zero-order valence-electron chi connectivity index (χ0n) is 13.5. The van der Waals surface area contributed by atoms with Crippen molar-refractivity contribution in [1.82, 2.24) is 15.3 Å². The molecule has 6 heteroatoms. The summed E-state index contributed by atoms with van der Waals surface area (Å²) in [5, 5.41) is 4.43. The van der Waals surface area contributed by atoms with Crippen LogP contribution in [0.2, 0.25) is 0 Å². The predicted molar refractivity (Wildman–Crippen MR) is 89.2 cm³/mol. The number of ether oxygens (including phenoxy) is 1. The lowest BCUT2D eigenvalue weighted by Crippen LogP contribution is -2.20. The number of nitrogens with two attached hydrogens (primary N) is 1. The molecule has 0 aliphatic rings. The third kappa shape index (κ3) is 3.12. The van der Waals surface area contributed by atoms with E-state index in [1.807, 2.05) is 25.1 Å². The first-order valence-electron chi connectivity index (χ1n) is 7.46. The van der Waals surface area contributed by atoms with Gasteiger partial charge in [0.25, 0.3) is 0 Å². The fraction of sp³-hybridized carbons (Fsp3) is 0.294. The quantitative estimate of drug-likeness (QED) is 0.753. The van der Waals surface area contributed by atoms with Crippen LogP contribution in [-0.4, -0.2) is 17.1 Å². The number of hydrogen-bond acceptors (Lipinski definition) is 6. The number of nitrogen functional groups attached to an aromatic ring is 1. The summed E-state index contributed by atoms with van der Waals surface area (Å²) in [6, 6.07) is 7.51. The molecule has 0 spiro atoms. The lowest BCUT2D eigenvalue weighted by atomic mass is 10.1. The van der Waals surface area contributed by atoms with E-state index in [4.69, 9.17) is 14.9 Å². The molecule has 1 aromatic carbocycles. The van der Waals surface area contributed by atoms with Crippen molar-refractivity contribution >= 4 is 16.8 Å². The Kier molecular flexibility index (Phi) is 4.16. The van der Waals surface area contributed by atoms with Gasteiger partial charge in [0.15, 0.2) is 0 Å². The van der Waals surface area contributed by atoms with E-state index in [1.54, 1.807) is 19.4 Å². The Morgan fingerprint density at radius 3 is 2.91 bits per heavy atom. The Labute approximate surface area is 134 Å². The molecule has 6 nitrogen and oxygen atoms in total. The lowest BCUT2D eigenvalue weighted by Gasteiger charge is -2.11. The van der Waals surface area contributed by atoms with Crippen LogP contribution in [0.25, 0.3) is 11.0 Å². The average Bonchev–Trinajstić information content (AvgIpc) is 2.89. The molecule has 0 fully saturated rings. The minimum Gasteiger partial charge on any atom is -0.497 e. The molecule has 3 N–H and O–H groups in total. The molecule has 0 aliphatic carbocycles. The highest BCUT2D eigenvalue weighted by atomic mass is 16.5. The molecule has 0 radical (unpaired) electrons. The summed E-state index contributed by atoms with van der Waals surface area (Å²) in [6.07, 6.45) is 1.66. The number of fused-ring (bicyclic) bond motifs is 1. The molecule has 1 atom stereocenters. The molecule has 0 aliphatic heterocycles. The van der Waals surface area contributed by atoms with Crippen molar-refractivity contribution in [2.45, 2.75) is 26.4 Å². The van der Waals surface area contributed by atoms with Crippen molar-refractivity contribution in [2.75, 3.05) is 12.8 Å². The largest absolute Gasteiger partial charge is 0.497 e. The summed E-state index contributed by atoms with van der Waals surface area (Å²) in [5.74, 6) is 2.85. The van der Waals surface area contributed by atoms with E-state index in [2.05, 4.69) is 22.2 Å². The molecule has 120 valence electrons. The first-order valence-corrected chi connectivity index (χ1v) is 7.46. The van der Waals surface area contributed by atoms with Gasteiger partial charge >= 0.3 is 0 Å². The number of aryl methyl sites for hydroxylation is 1. The molecular weight excluding hydrogens is 292 g/mol. The first-order chi connectivity index (χ1) is 11.1. The van der Waals surface area contributed by atoms with Gasteiger partial charge in [0.05, 0.1) is 19.7 Å². The molecule has 3 rings (SSSR count). The van der Waals surface area contributed by atoms with Crippen LogP contribution in [-0.2, 0) is 6.54 Å². The first kappa shape index (κ1) is 15.3. The minimum absolute atomic E-state index is 0.0263. The van der Waals surface area contributed by atoms with Crippen LogP contribution in [0.4, 0.5) is 5.82 Å². The molecular formula is C17H20N4O2. The van der Waals surface area contributed by atoms with Crippen molar-refractivity contribution in [3.05, 3.63) is 47.6 Å². The van der Waals surface area contributed by atoms with Crippen LogP contribution in [0, 0.1) is 6.92 Å². The number of anilines is 1. The SMILES string of the molecule is COc1ccc2oc(C(C)NCc3nccc(N)n3)c(C)c2c1. The molecule has 2 heterocycles. The number of methoxy groups -OCH3 is 1. The average molecular weight is 312 g/mol. The maximum Gasteiger partial charge on any atom is 0.144 e. The maximum absolute atomic E-state index is 5.99. The number of benzene rings is 1. The summed E-state index contributed by atoms with van der Waals surface area (Å²) in [5.41, 5.74) is 7.63. The number of hydrogen-bond donors (Lipinski definition) is 2. The molecule has 3 aromatic rings. The minimum atomic E-state index is 0.0263. The van der Waals surface area contributed by atoms with Gasteiger partial charge in [0.2, 0.25) is 0 Å². The Balaban J connectivity index is 1.80. The van der Waals surface area contributed by atoms with Crippen molar-refractivity contribution in [3.8, 4) is 5.75 Å². The van der Waals surface area contributed by atoms with Crippen LogP contribution in [0.5, 0.6) is 5.75 Å². The number of rotatable bonds is 5. The van der Waals surface area contributed by atoms with Gasteiger partial charge in [-0.2, -0.15) is 0 Å².